The number of halogens is 1. The molecule has 0 spiro atoms. The number of anilines is 1. The smallest absolute Gasteiger partial charge is 0.225 e. The monoisotopic (exact) mass is 375 g/mol. The maximum atomic E-state index is 12.9. The molecule has 1 aliphatic heterocycles. The van der Waals surface area contributed by atoms with Gasteiger partial charge in [-0.3, -0.25) is 9.69 Å². The van der Waals surface area contributed by atoms with Crippen molar-refractivity contribution in [2.24, 2.45) is 5.92 Å². The third-order valence-corrected chi connectivity index (χ3v) is 6.72. The highest BCUT2D eigenvalue weighted by molar-refractivity contribution is 6.30. The molecule has 0 bridgehead atoms. The van der Waals surface area contributed by atoms with Crippen LogP contribution >= 0.6 is 11.6 Å². The van der Waals surface area contributed by atoms with Crippen LogP contribution in [0.15, 0.2) is 24.3 Å². The van der Waals surface area contributed by atoms with Crippen LogP contribution in [0.5, 0.6) is 0 Å². The quantitative estimate of drug-likeness (QED) is 0.863. The third kappa shape index (κ3) is 4.17. The number of rotatable bonds is 4. The predicted octanol–water partition coefficient (Wildman–Crippen LogP) is 4.01. The number of nitrogens with one attached hydrogen (secondary N) is 1. The summed E-state index contributed by atoms with van der Waals surface area (Å²) < 4.78 is 0. The molecule has 3 aliphatic rings. The van der Waals surface area contributed by atoms with E-state index in [-0.39, 0.29) is 5.92 Å². The molecule has 0 radical (unpaired) electrons. The number of carbonyl (C=O) groups is 1. The summed E-state index contributed by atoms with van der Waals surface area (Å²) in [5.41, 5.74) is 1.08. The van der Waals surface area contributed by atoms with Crippen LogP contribution in [0.3, 0.4) is 0 Å². The molecule has 2 saturated carbocycles. The summed E-state index contributed by atoms with van der Waals surface area (Å²) in [5.74, 6) is 0.627. The van der Waals surface area contributed by atoms with Crippen molar-refractivity contribution in [1.82, 2.24) is 9.80 Å². The average molecular weight is 376 g/mol. The highest BCUT2D eigenvalue weighted by Gasteiger charge is 2.33. The molecule has 26 heavy (non-hydrogen) atoms. The van der Waals surface area contributed by atoms with Crippen molar-refractivity contribution in [2.45, 2.75) is 57.0 Å². The van der Waals surface area contributed by atoms with Crippen molar-refractivity contribution < 1.29 is 4.79 Å². The molecule has 2 aliphatic carbocycles. The lowest BCUT2D eigenvalue weighted by Crippen LogP contribution is -2.54. The average Bonchev–Trinajstić information content (AvgIpc) is 2.61. The molecule has 1 aromatic carbocycles. The molecule has 1 saturated heterocycles. The minimum atomic E-state index is 0.225. The summed E-state index contributed by atoms with van der Waals surface area (Å²) in [6.07, 6.45) is 8.22. The summed E-state index contributed by atoms with van der Waals surface area (Å²) in [6.45, 7) is 4.00. The van der Waals surface area contributed by atoms with Crippen LogP contribution in [0.2, 0.25) is 5.02 Å². The van der Waals surface area contributed by atoms with E-state index in [9.17, 15) is 4.79 Å². The van der Waals surface area contributed by atoms with Crippen molar-refractivity contribution in [2.75, 3.05) is 31.5 Å². The van der Waals surface area contributed by atoms with Gasteiger partial charge in [0.1, 0.15) is 0 Å². The van der Waals surface area contributed by atoms with Gasteiger partial charge in [-0.1, -0.05) is 24.1 Å². The maximum absolute atomic E-state index is 12.9. The van der Waals surface area contributed by atoms with Gasteiger partial charge in [-0.2, -0.15) is 0 Å². The van der Waals surface area contributed by atoms with E-state index in [1.54, 1.807) is 0 Å². The van der Waals surface area contributed by atoms with Crippen LogP contribution in [0, 0.1) is 5.92 Å². The Bertz CT molecular complexity index is 617. The number of nitrogens with zero attached hydrogens (tertiary/aromatic N) is 2. The fourth-order valence-corrected chi connectivity index (χ4v) is 4.81. The lowest BCUT2D eigenvalue weighted by atomic mass is 9.84. The third-order valence-electron chi connectivity index (χ3n) is 6.49. The molecule has 0 unspecified atom stereocenters. The van der Waals surface area contributed by atoms with Crippen LogP contribution in [0.25, 0.3) is 0 Å². The van der Waals surface area contributed by atoms with Gasteiger partial charge >= 0.3 is 0 Å². The van der Waals surface area contributed by atoms with Gasteiger partial charge in [-0.05, 0) is 56.7 Å². The molecule has 1 amide bonds. The molecule has 1 aromatic rings. The number of hydrogen-bond acceptors (Lipinski definition) is 3. The van der Waals surface area contributed by atoms with Crippen molar-refractivity contribution in [3.63, 3.8) is 0 Å². The van der Waals surface area contributed by atoms with Gasteiger partial charge in [0.2, 0.25) is 5.91 Å². The Hall–Kier alpha value is -1.26. The maximum Gasteiger partial charge on any atom is 0.225 e. The lowest BCUT2D eigenvalue weighted by molar-refractivity contribution is -0.139. The Labute approximate surface area is 161 Å². The van der Waals surface area contributed by atoms with E-state index in [0.717, 1.165) is 68.6 Å². The largest absolute Gasteiger partial charge is 0.382 e. The van der Waals surface area contributed by atoms with E-state index in [1.165, 1.54) is 19.3 Å². The number of hydrogen-bond donors (Lipinski definition) is 1. The number of amides is 1. The first-order chi connectivity index (χ1) is 12.7. The van der Waals surface area contributed by atoms with E-state index >= 15 is 0 Å². The van der Waals surface area contributed by atoms with Gasteiger partial charge in [0.25, 0.3) is 0 Å². The Morgan fingerprint density at radius 3 is 2.35 bits per heavy atom. The molecule has 5 heteroatoms. The zero-order valence-electron chi connectivity index (χ0n) is 15.5. The zero-order chi connectivity index (χ0) is 17.9. The van der Waals surface area contributed by atoms with Crippen molar-refractivity contribution >= 4 is 23.2 Å². The summed E-state index contributed by atoms with van der Waals surface area (Å²) in [5, 5.41) is 4.34. The van der Waals surface area contributed by atoms with Crippen LogP contribution < -0.4 is 5.32 Å². The van der Waals surface area contributed by atoms with E-state index < -0.39 is 0 Å². The van der Waals surface area contributed by atoms with Gasteiger partial charge in [0.05, 0.1) is 0 Å². The molecule has 3 fully saturated rings. The minimum absolute atomic E-state index is 0.225. The summed E-state index contributed by atoms with van der Waals surface area (Å²) in [7, 11) is 0. The fourth-order valence-electron chi connectivity index (χ4n) is 4.62. The Morgan fingerprint density at radius 2 is 1.73 bits per heavy atom. The fraction of sp³-hybridized carbons (Fsp3) is 0.667. The molecular weight excluding hydrogens is 346 g/mol. The van der Waals surface area contributed by atoms with Crippen LogP contribution in [-0.4, -0.2) is 54.0 Å². The molecule has 0 aromatic heterocycles. The van der Waals surface area contributed by atoms with E-state index in [2.05, 4.69) is 21.2 Å². The van der Waals surface area contributed by atoms with Crippen molar-refractivity contribution in [1.29, 1.82) is 0 Å². The predicted molar refractivity (Wildman–Crippen MR) is 107 cm³/mol. The first-order valence-electron chi connectivity index (χ1n) is 10.2. The molecular formula is C21H30ClN3O. The minimum Gasteiger partial charge on any atom is -0.382 e. The highest BCUT2D eigenvalue weighted by atomic mass is 35.5. The van der Waals surface area contributed by atoms with E-state index in [0.29, 0.717) is 11.9 Å². The normalized spacial score (nSPS) is 27.8. The SMILES string of the molecule is O=C([C@H]1CC[C@H](Nc2cccc(Cl)c2)CC1)N1CCN(C2CCC2)CC1. The lowest BCUT2D eigenvalue weighted by Gasteiger charge is -2.44. The molecule has 0 atom stereocenters. The molecule has 142 valence electrons. The van der Waals surface area contributed by atoms with Crippen LogP contribution in [-0.2, 0) is 4.79 Å². The van der Waals surface area contributed by atoms with E-state index in [4.69, 9.17) is 11.6 Å². The summed E-state index contributed by atoms with van der Waals surface area (Å²) in [4.78, 5) is 17.6. The van der Waals surface area contributed by atoms with Gasteiger partial charge < -0.3 is 10.2 Å². The second-order valence-corrected chi connectivity index (χ2v) is 8.59. The Morgan fingerprint density at radius 1 is 1.00 bits per heavy atom. The number of carbonyl (C=O) groups excluding carboxylic acids is 1. The van der Waals surface area contributed by atoms with Crippen molar-refractivity contribution in [3.8, 4) is 0 Å². The first kappa shape index (κ1) is 18.1. The second-order valence-electron chi connectivity index (χ2n) is 8.15. The topological polar surface area (TPSA) is 35.6 Å². The van der Waals surface area contributed by atoms with Crippen LogP contribution in [0.1, 0.15) is 44.9 Å². The van der Waals surface area contributed by atoms with Gasteiger partial charge in [-0.25, -0.2) is 0 Å². The Kier molecular flexibility index (Phi) is 5.70. The number of piperazine rings is 1. The van der Waals surface area contributed by atoms with Gasteiger partial charge in [0, 0.05) is 54.9 Å². The van der Waals surface area contributed by atoms with Crippen molar-refractivity contribution in [3.05, 3.63) is 29.3 Å². The van der Waals surface area contributed by atoms with E-state index in [1.807, 2.05) is 18.2 Å². The summed E-state index contributed by atoms with van der Waals surface area (Å²) >= 11 is 6.06. The Balaban J connectivity index is 1.22. The first-order valence-corrected chi connectivity index (χ1v) is 10.6. The highest BCUT2D eigenvalue weighted by Crippen LogP contribution is 2.30. The van der Waals surface area contributed by atoms with Crippen LogP contribution in [0.4, 0.5) is 5.69 Å². The molecule has 4 nitrogen and oxygen atoms in total. The zero-order valence-corrected chi connectivity index (χ0v) is 16.3. The summed E-state index contributed by atoms with van der Waals surface area (Å²) in [6, 6.07) is 9.16. The standard InChI is InChI=1S/C21H30ClN3O/c22-17-3-1-4-19(15-17)23-18-9-7-16(8-10-18)21(26)25-13-11-24(12-14-25)20-5-2-6-20/h1,3-4,15-16,18,20,23H,2,5-14H2/t16-,18-. The van der Waals surface area contributed by atoms with Gasteiger partial charge in [-0.15, -0.1) is 0 Å². The van der Waals surface area contributed by atoms with Gasteiger partial charge in [0.15, 0.2) is 0 Å². The molecule has 1 heterocycles. The second kappa shape index (κ2) is 8.18. The molecule has 1 N–H and O–H groups in total. The number of benzene rings is 1. The molecule has 4 rings (SSSR count).